The summed E-state index contributed by atoms with van der Waals surface area (Å²) in [7, 11) is 0. The van der Waals surface area contributed by atoms with Crippen molar-refractivity contribution < 1.29 is 14.0 Å². The summed E-state index contributed by atoms with van der Waals surface area (Å²) in [4.78, 5) is 25.7. The van der Waals surface area contributed by atoms with Crippen LogP contribution < -0.4 is 0 Å². The van der Waals surface area contributed by atoms with E-state index in [-0.39, 0.29) is 17.7 Å². The average Bonchev–Trinajstić information content (AvgIpc) is 2.82. The molecular formula is C16H23NO3. The largest absolute Gasteiger partial charge is 0.469 e. The summed E-state index contributed by atoms with van der Waals surface area (Å²) in [5.41, 5.74) is 0. The molecule has 0 aliphatic carbocycles. The first-order valence-electron chi connectivity index (χ1n) is 7.48. The van der Waals surface area contributed by atoms with Crippen LogP contribution in [0.1, 0.15) is 51.2 Å². The van der Waals surface area contributed by atoms with Gasteiger partial charge in [-0.05, 0) is 31.9 Å². The van der Waals surface area contributed by atoms with Crippen molar-refractivity contribution in [3.05, 3.63) is 24.2 Å². The average molecular weight is 277 g/mol. The highest BCUT2D eigenvalue weighted by molar-refractivity contribution is 5.79. The molecule has 0 N–H and O–H groups in total. The first-order valence-corrected chi connectivity index (χ1v) is 7.48. The molecule has 0 aromatic carbocycles. The predicted molar refractivity (Wildman–Crippen MR) is 76.3 cm³/mol. The topological polar surface area (TPSA) is 50.5 Å². The summed E-state index contributed by atoms with van der Waals surface area (Å²) in [5, 5.41) is 0. The molecule has 0 bridgehead atoms. The zero-order chi connectivity index (χ0) is 14.4. The fourth-order valence-corrected chi connectivity index (χ4v) is 2.88. The zero-order valence-corrected chi connectivity index (χ0v) is 12.1. The lowest BCUT2D eigenvalue weighted by Gasteiger charge is -2.29. The Morgan fingerprint density at radius 3 is 2.90 bits per heavy atom. The quantitative estimate of drug-likeness (QED) is 0.831. The number of ketones is 1. The van der Waals surface area contributed by atoms with Gasteiger partial charge in [0, 0.05) is 31.8 Å². The molecule has 2 rings (SSSR count). The van der Waals surface area contributed by atoms with Crippen LogP contribution in [0.25, 0.3) is 0 Å². The molecule has 1 aliphatic rings. The first kappa shape index (κ1) is 14.8. The van der Waals surface area contributed by atoms with Crippen molar-refractivity contribution >= 4 is 11.7 Å². The van der Waals surface area contributed by atoms with E-state index in [1.54, 1.807) is 13.2 Å². The Morgan fingerprint density at radius 2 is 2.20 bits per heavy atom. The van der Waals surface area contributed by atoms with Gasteiger partial charge in [-0.2, -0.15) is 0 Å². The summed E-state index contributed by atoms with van der Waals surface area (Å²) in [6.07, 6.45) is 7.47. The molecule has 1 aromatic heterocycles. The normalized spacial score (nSPS) is 19.6. The van der Waals surface area contributed by atoms with Gasteiger partial charge in [-0.25, -0.2) is 0 Å². The van der Waals surface area contributed by atoms with E-state index >= 15 is 0 Å². The lowest BCUT2D eigenvalue weighted by molar-refractivity contribution is -0.134. The van der Waals surface area contributed by atoms with Gasteiger partial charge in [-0.3, -0.25) is 9.59 Å². The molecule has 110 valence electrons. The number of furan rings is 1. The van der Waals surface area contributed by atoms with Crippen molar-refractivity contribution in [2.75, 3.05) is 6.54 Å². The fraction of sp³-hybridized carbons (Fsp3) is 0.625. The van der Waals surface area contributed by atoms with Crippen molar-refractivity contribution in [3.8, 4) is 0 Å². The summed E-state index contributed by atoms with van der Waals surface area (Å²) >= 11 is 0. The van der Waals surface area contributed by atoms with E-state index in [4.69, 9.17) is 4.42 Å². The van der Waals surface area contributed by atoms with E-state index in [1.165, 1.54) is 0 Å². The lowest BCUT2D eigenvalue weighted by Crippen LogP contribution is -2.41. The maximum absolute atomic E-state index is 12.4. The molecular weight excluding hydrogens is 254 g/mol. The number of likely N-dealkylation sites (tertiary alicyclic amines) is 1. The Hall–Kier alpha value is -1.58. The van der Waals surface area contributed by atoms with Gasteiger partial charge in [-0.15, -0.1) is 0 Å². The fourth-order valence-electron chi connectivity index (χ4n) is 2.88. The molecule has 1 amide bonds. The van der Waals surface area contributed by atoms with Crippen LogP contribution in [0.3, 0.4) is 0 Å². The zero-order valence-electron chi connectivity index (χ0n) is 12.1. The second-order valence-corrected chi connectivity index (χ2v) is 5.58. The van der Waals surface area contributed by atoms with Crippen molar-refractivity contribution in [1.82, 2.24) is 4.90 Å². The SMILES string of the molecule is CC(=O)CC1CCCCCN1C(=O)CCc1ccco1. The highest BCUT2D eigenvalue weighted by Crippen LogP contribution is 2.21. The molecule has 20 heavy (non-hydrogen) atoms. The van der Waals surface area contributed by atoms with E-state index in [0.717, 1.165) is 38.0 Å². The van der Waals surface area contributed by atoms with Gasteiger partial charge in [0.1, 0.15) is 11.5 Å². The molecule has 2 heterocycles. The highest BCUT2D eigenvalue weighted by atomic mass is 16.3. The van der Waals surface area contributed by atoms with E-state index in [0.29, 0.717) is 19.3 Å². The minimum atomic E-state index is 0.0964. The molecule has 1 aliphatic heterocycles. The minimum Gasteiger partial charge on any atom is -0.469 e. The number of hydrogen-bond acceptors (Lipinski definition) is 3. The van der Waals surface area contributed by atoms with Crippen LogP contribution in [-0.2, 0) is 16.0 Å². The predicted octanol–water partition coefficient (Wildman–Crippen LogP) is 2.96. The summed E-state index contributed by atoms with van der Waals surface area (Å²) < 4.78 is 5.26. The Morgan fingerprint density at radius 1 is 1.35 bits per heavy atom. The number of amides is 1. The van der Waals surface area contributed by atoms with Crippen LogP contribution in [0.4, 0.5) is 0 Å². The number of hydrogen-bond donors (Lipinski definition) is 0. The number of rotatable bonds is 5. The van der Waals surface area contributed by atoms with Crippen LogP contribution in [0, 0.1) is 0 Å². The number of aryl methyl sites for hydroxylation is 1. The third-order valence-corrected chi connectivity index (χ3v) is 3.89. The molecule has 1 fully saturated rings. The first-order chi connectivity index (χ1) is 9.66. The van der Waals surface area contributed by atoms with Gasteiger partial charge in [0.25, 0.3) is 0 Å². The highest BCUT2D eigenvalue weighted by Gasteiger charge is 2.26. The van der Waals surface area contributed by atoms with Gasteiger partial charge < -0.3 is 9.32 Å². The second kappa shape index (κ2) is 7.27. The number of nitrogens with zero attached hydrogens (tertiary/aromatic N) is 1. The van der Waals surface area contributed by atoms with E-state index in [9.17, 15) is 9.59 Å². The molecule has 1 unspecified atom stereocenters. The third kappa shape index (κ3) is 4.22. The lowest BCUT2D eigenvalue weighted by atomic mass is 10.0. The van der Waals surface area contributed by atoms with Gasteiger partial charge >= 0.3 is 0 Å². The minimum absolute atomic E-state index is 0.0964. The van der Waals surface area contributed by atoms with E-state index in [2.05, 4.69) is 0 Å². The number of carbonyl (C=O) groups is 2. The summed E-state index contributed by atoms with van der Waals surface area (Å²) in [6.45, 7) is 2.39. The van der Waals surface area contributed by atoms with Gasteiger partial charge in [0.2, 0.25) is 5.91 Å². The Labute approximate surface area is 120 Å². The molecule has 4 heteroatoms. The summed E-state index contributed by atoms with van der Waals surface area (Å²) in [5.74, 6) is 1.16. The smallest absolute Gasteiger partial charge is 0.223 e. The van der Waals surface area contributed by atoms with Gasteiger partial charge in [0.15, 0.2) is 0 Å². The van der Waals surface area contributed by atoms with Gasteiger partial charge in [-0.1, -0.05) is 12.8 Å². The molecule has 1 atom stereocenters. The van der Waals surface area contributed by atoms with Crippen molar-refractivity contribution in [2.45, 2.75) is 57.9 Å². The van der Waals surface area contributed by atoms with Crippen LogP contribution in [-0.4, -0.2) is 29.2 Å². The molecule has 4 nitrogen and oxygen atoms in total. The third-order valence-electron chi connectivity index (χ3n) is 3.89. The van der Waals surface area contributed by atoms with Crippen molar-refractivity contribution in [1.29, 1.82) is 0 Å². The van der Waals surface area contributed by atoms with Crippen LogP contribution in [0.2, 0.25) is 0 Å². The molecule has 0 spiro atoms. The molecule has 0 saturated carbocycles. The Bertz CT molecular complexity index is 439. The van der Waals surface area contributed by atoms with Crippen molar-refractivity contribution in [2.24, 2.45) is 0 Å². The number of carbonyl (C=O) groups excluding carboxylic acids is 2. The summed E-state index contributed by atoms with van der Waals surface area (Å²) in [6, 6.07) is 3.83. The van der Waals surface area contributed by atoms with E-state index < -0.39 is 0 Å². The standard InChI is InChI=1S/C16H23NO3/c1-13(18)12-14-6-3-2-4-10-17(14)16(19)9-8-15-7-5-11-20-15/h5,7,11,14H,2-4,6,8-10,12H2,1H3. The molecule has 0 radical (unpaired) electrons. The van der Waals surface area contributed by atoms with Crippen LogP contribution in [0.5, 0.6) is 0 Å². The van der Waals surface area contributed by atoms with E-state index in [1.807, 2.05) is 17.0 Å². The second-order valence-electron chi connectivity index (χ2n) is 5.58. The van der Waals surface area contributed by atoms with Gasteiger partial charge in [0.05, 0.1) is 6.26 Å². The Kier molecular flexibility index (Phi) is 5.39. The van der Waals surface area contributed by atoms with Crippen LogP contribution >= 0.6 is 0 Å². The molecule has 1 aromatic rings. The Balaban J connectivity index is 1.94. The maximum Gasteiger partial charge on any atom is 0.223 e. The monoisotopic (exact) mass is 277 g/mol. The van der Waals surface area contributed by atoms with Crippen LogP contribution in [0.15, 0.2) is 22.8 Å². The maximum atomic E-state index is 12.4. The number of Topliss-reactive ketones (excluding diaryl/α,β-unsaturated/α-hetero) is 1. The molecule has 1 saturated heterocycles. The van der Waals surface area contributed by atoms with Crippen molar-refractivity contribution in [3.63, 3.8) is 0 Å².